The number of furan rings is 1. The number of aromatic nitrogens is 2. The fraction of sp³-hybridized carbons (Fsp3) is 0.250. The Balaban J connectivity index is 1.32. The number of amides is 1. The lowest BCUT2D eigenvalue weighted by molar-refractivity contribution is 0.0942. The average molecular weight is 363 g/mol. The summed E-state index contributed by atoms with van der Waals surface area (Å²) in [5, 5.41) is 11.1. The van der Waals surface area contributed by atoms with Gasteiger partial charge in [0.15, 0.2) is 11.5 Å². The number of nitrogens with zero attached hydrogens (tertiary/aromatic N) is 4. The Bertz CT molecular complexity index is 857. The van der Waals surface area contributed by atoms with Crippen LogP contribution < -0.4 is 15.1 Å². The summed E-state index contributed by atoms with van der Waals surface area (Å²) < 4.78 is 5.20. The number of hydrogen-bond donors (Lipinski definition) is 1. The van der Waals surface area contributed by atoms with Crippen LogP contribution in [0.25, 0.3) is 0 Å². The van der Waals surface area contributed by atoms with E-state index in [0.717, 1.165) is 32.0 Å². The quantitative estimate of drug-likeness (QED) is 0.750. The molecule has 1 fully saturated rings. The van der Waals surface area contributed by atoms with Gasteiger partial charge >= 0.3 is 0 Å². The van der Waals surface area contributed by atoms with Crippen LogP contribution in [0.3, 0.4) is 0 Å². The molecule has 1 aliphatic heterocycles. The number of benzene rings is 1. The lowest BCUT2D eigenvalue weighted by Crippen LogP contribution is -2.46. The van der Waals surface area contributed by atoms with E-state index in [1.165, 1.54) is 5.69 Å². The van der Waals surface area contributed by atoms with Crippen LogP contribution >= 0.6 is 0 Å². The second-order valence-electron chi connectivity index (χ2n) is 6.35. The number of para-hydroxylation sites is 1. The van der Waals surface area contributed by atoms with Crippen molar-refractivity contribution in [3.05, 3.63) is 72.3 Å². The third-order valence-electron chi connectivity index (χ3n) is 4.61. The molecule has 0 spiro atoms. The zero-order valence-corrected chi connectivity index (χ0v) is 14.9. The van der Waals surface area contributed by atoms with Gasteiger partial charge in [-0.05, 0) is 36.4 Å². The largest absolute Gasteiger partial charge is 0.467 e. The van der Waals surface area contributed by atoms with Gasteiger partial charge in [-0.2, -0.15) is 0 Å². The highest BCUT2D eigenvalue weighted by Gasteiger charge is 2.19. The van der Waals surface area contributed by atoms with Crippen molar-refractivity contribution in [1.29, 1.82) is 0 Å². The van der Waals surface area contributed by atoms with Gasteiger partial charge in [0, 0.05) is 31.9 Å². The number of piperazine rings is 1. The van der Waals surface area contributed by atoms with E-state index in [4.69, 9.17) is 4.42 Å². The molecule has 0 bridgehead atoms. The summed E-state index contributed by atoms with van der Waals surface area (Å²) in [4.78, 5) is 16.7. The first-order valence-electron chi connectivity index (χ1n) is 8.99. The Labute approximate surface area is 157 Å². The number of hydrogen-bond acceptors (Lipinski definition) is 6. The van der Waals surface area contributed by atoms with Gasteiger partial charge in [0.1, 0.15) is 5.76 Å². The van der Waals surface area contributed by atoms with Gasteiger partial charge in [0.2, 0.25) is 0 Å². The normalized spacial score (nSPS) is 14.2. The second-order valence-corrected chi connectivity index (χ2v) is 6.35. The van der Waals surface area contributed by atoms with Gasteiger partial charge < -0.3 is 19.5 Å². The van der Waals surface area contributed by atoms with Crippen molar-refractivity contribution in [3.63, 3.8) is 0 Å². The molecule has 3 aromatic rings. The molecule has 138 valence electrons. The highest BCUT2D eigenvalue weighted by Crippen LogP contribution is 2.18. The Morgan fingerprint density at radius 2 is 1.70 bits per heavy atom. The molecule has 0 atom stereocenters. The molecule has 1 saturated heterocycles. The van der Waals surface area contributed by atoms with Crippen LogP contribution in [0.5, 0.6) is 0 Å². The van der Waals surface area contributed by atoms with E-state index in [9.17, 15) is 4.79 Å². The van der Waals surface area contributed by atoms with Crippen LogP contribution in [0.4, 0.5) is 11.5 Å². The van der Waals surface area contributed by atoms with Crippen molar-refractivity contribution in [3.8, 4) is 0 Å². The highest BCUT2D eigenvalue weighted by molar-refractivity contribution is 5.92. The zero-order valence-electron chi connectivity index (χ0n) is 14.9. The summed E-state index contributed by atoms with van der Waals surface area (Å²) in [7, 11) is 0. The minimum atomic E-state index is -0.264. The van der Waals surface area contributed by atoms with Crippen molar-refractivity contribution in [1.82, 2.24) is 15.5 Å². The molecule has 1 aliphatic rings. The molecule has 7 nitrogen and oxygen atoms in total. The van der Waals surface area contributed by atoms with E-state index in [-0.39, 0.29) is 5.91 Å². The van der Waals surface area contributed by atoms with Crippen LogP contribution in [0.1, 0.15) is 16.2 Å². The van der Waals surface area contributed by atoms with Crippen molar-refractivity contribution in [2.24, 2.45) is 0 Å². The molecule has 4 rings (SSSR count). The number of nitrogens with one attached hydrogen (secondary N) is 1. The number of anilines is 2. The Morgan fingerprint density at radius 1 is 0.926 bits per heavy atom. The zero-order chi connectivity index (χ0) is 18.5. The maximum atomic E-state index is 12.2. The summed E-state index contributed by atoms with van der Waals surface area (Å²) in [5.74, 6) is 1.23. The van der Waals surface area contributed by atoms with E-state index >= 15 is 0 Å². The number of carbonyl (C=O) groups excluding carboxylic acids is 1. The maximum Gasteiger partial charge on any atom is 0.272 e. The van der Waals surface area contributed by atoms with E-state index in [2.05, 4.69) is 49.6 Å². The standard InChI is InChI=1S/C20H21N5O2/c26-20(21-15-17-7-4-14-27-17)18-8-9-19(23-22-18)25-12-10-24(11-13-25)16-5-2-1-3-6-16/h1-9,14H,10-13,15H2,(H,21,26). The smallest absolute Gasteiger partial charge is 0.272 e. The fourth-order valence-corrected chi connectivity index (χ4v) is 3.12. The monoisotopic (exact) mass is 363 g/mol. The molecule has 7 heteroatoms. The van der Waals surface area contributed by atoms with Crippen molar-refractivity contribution in [2.75, 3.05) is 36.0 Å². The van der Waals surface area contributed by atoms with Crippen molar-refractivity contribution < 1.29 is 9.21 Å². The van der Waals surface area contributed by atoms with Gasteiger partial charge in [-0.1, -0.05) is 18.2 Å². The van der Waals surface area contributed by atoms with E-state index in [0.29, 0.717) is 18.0 Å². The molecular formula is C20H21N5O2. The fourth-order valence-electron chi connectivity index (χ4n) is 3.12. The lowest BCUT2D eigenvalue weighted by atomic mass is 10.2. The molecule has 2 aromatic heterocycles. The molecule has 3 heterocycles. The van der Waals surface area contributed by atoms with Crippen LogP contribution in [0, 0.1) is 0 Å². The first kappa shape index (κ1) is 17.1. The van der Waals surface area contributed by atoms with Gasteiger partial charge in [-0.3, -0.25) is 4.79 Å². The first-order valence-corrected chi connectivity index (χ1v) is 8.99. The van der Waals surface area contributed by atoms with E-state index in [1.807, 2.05) is 18.2 Å². The molecule has 1 amide bonds. The Kier molecular flexibility index (Phi) is 5.00. The van der Waals surface area contributed by atoms with Crippen LogP contribution in [-0.2, 0) is 6.54 Å². The molecular weight excluding hydrogens is 342 g/mol. The Morgan fingerprint density at radius 3 is 2.37 bits per heavy atom. The first-order chi connectivity index (χ1) is 13.3. The summed E-state index contributed by atoms with van der Waals surface area (Å²) >= 11 is 0. The van der Waals surface area contributed by atoms with Crippen molar-refractivity contribution >= 4 is 17.4 Å². The predicted octanol–water partition coefficient (Wildman–Crippen LogP) is 2.33. The molecule has 1 aromatic carbocycles. The van der Waals surface area contributed by atoms with Gasteiger partial charge in [0.05, 0.1) is 12.8 Å². The van der Waals surface area contributed by atoms with Crippen LogP contribution in [0.15, 0.2) is 65.3 Å². The topological polar surface area (TPSA) is 74.5 Å². The number of rotatable bonds is 5. The third-order valence-corrected chi connectivity index (χ3v) is 4.61. The minimum Gasteiger partial charge on any atom is -0.467 e. The molecule has 0 radical (unpaired) electrons. The van der Waals surface area contributed by atoms with Crippen LogP contribution in [-0.4, -0.2) is 42.3 Å². The average Bonchev–Trinajstić information content (AvgIpc) is 3.27. The summed E-state index contributed by atoms with van der Waals surface area (Å²) in [6.45, 7) is 3.92. The predicted molar refractivity (Wildman–Crippen MR) is 103 cm³/mol. The molecule has 0 unspecified atom stereocenters. The SMILES string of the molecule is O=C(NCc1ccco1)c1ccc(N2CCN(c3ccccc3)CC2)nn1. The van der Waals surface area contributed by atoms with Crippen molar-refractivity contribution in [2.45, 2.75) is 6.54 Å². The van der Waals surface area contributed by atoms with Crippen LogP contribution in [0.2, 0.25) is 0 Å². The van der Waals surface area contributed by atoms with Gasteiger partial charge in [0.25, 0.3) is 5.91 Å². The van der Waals surface area contributed by atoms with E-state index in [1.54, 1.807) is 18.4 Å². The molecule has 0 saturated carbocycles. The summed E-state index contributed by atoms with van der Waals surface area (Å²) in [6.07, 6.45) is 1.58. The summed E-state index contributed by atoms with van der Waals surface area (Å²) in [5.41, 5.74) is 1.54. The maximum absolute atomic E-state index is 12.2. The van der Waals surface area contributed by atoms with Gasteiger partial charge in [-0.25, -0.2) is 0 Å². The minimum absolute atomic E-state index is 0.264. The van der Waals surface area contributed by atoms with E-state index < -0.39 is 0 Å². The number of carbonyl (C=O) groups is 1. The third kappa shape index (κ3) is 4.08. The molecule has 0 aliphatic carbocycles. The summed E-state index contributed by atoms with van der Waals surface area (Å²) in [6, 6.07) is 17.6. The van der Waals surface area contributed by atoms with Gasteiger partial charge in [-0.15, -0.1) is 10.2 Å². The Hall–Kier alpha value is -3.35. The second kappa shape index (κ2) is 7.90. The molecule has 1 N–H and O–H groups in total. The molecule has 27 heavy (non-hydrogen) atoms. The lowest BCUT2D eigenvalue weighted by Gasteiger charge is -2.36. The highest BCUT2D eigenvalue weighted by atomic mass is 16.3.